The second kappa shape index (κ2) is 3.64. The summed E-state index contributed by atoms with van der Waals surface area (Å²) in [5.41, 5.74) is 0. The van der Waals surface area contributed by atoms with Gasteiger partial charge in [-0.05, 0) is 25.7 Å². The van der Waals surface area contributed by atoms with Gasteiger partial charge in [-0.1, -0.05) is 0 Å². The molecular weight excluding hydrogens is 168 g/mol. The van der Waals surface area contributed by atoms with Gasteiger partial charge in [-0.25, -0.2) is 0 Å². The molecule has 0 atom stereocenters. The van der Waals surface area contributed by atoms with Gasteiger partial charge in [0.05, 0.1) is 12.6 Å². The Bertz CT molecular complexity index is 198. The molecule has 0 aromatic carbocycles. The van der Waals surface area contributed by atoms with Gasteiger partial charge in [0.2, 0.25) is 5.91 Å². The standard InChI is InChI=1S/C9H16N2O2/c12-8-3-7(4-8)11-9(13)5-10-6-1-2-6/h6-8,10,12H,1-5H2,(H,11,13). The molecule has 0 saturated heterocycles. The maximum atomic E-state index is 11.2. The van der Waals surface area contributed by atoms with Crippen molar-refractivity contribution in [2.45, 2.75) is 43.9 Å². The number of hydrogen-bond acceptors (Lipinski definition) is 3. The van der Waals surface area contributed by atoms with E-state index in [2.05, 4.69) is 10.6 Å². The number of carbonyl (C=O) groups excluding carboxylic acids is 1. The summed E-state index contributed by atoms with van der Waals surface area (Å²) in [6.45, 7) is 0.428. The third kappa shape index (κ3) is 2.67. The third-order valence-electron chi connectivity index (χ3n) is 2.61. The van der Waals surface area contributed by atoms with Crippen LogP contribution in [-0.4, -0.2) is 35.7 Å². The van der Waals surface area contributed by atoms with Gasteiger partial charge in [0.1, 0.15) is 0 Å². The second-order valence-corrected chi connectivity index (χ2v) is 4.04. The lowest BCUT2D eigenvalue weighted by Crippen LogP contribution is -2.49. The summed E-state index contributed by atoms with van der Waals surface area (Å²) >= 11 is 0. The van der Waals surface area contributed by atoms with Crippen LogP contribution in [0.25, 0.3) is 0 Å². The molecule has 4 heteroatoms. The van der Waals surface area contributed by atoms with Gasteiger partial charge < -0.3 is 15.7 Å². The Balaban J connectivity index is 1.55. The number of nitrogens with one attached hydrogen (secondary N) is 2. The summed E-state index contributed by atoms with van der Waals surface area (Å²) in [6, 6.07) is 0.793. The molecule has 0 aliphatic heterocycles. The number of amides is 1. The minimum Gasteiger partial charge on any atom is -0.393 e. The van der Waals surface area contributed by atoms with E-state index in [1.165, 1.54) is 12.8 Å². The SMILES string of the molecule is O=C(CNC1CC1)NC1CC(O)C1. The first-order chi connectivity index (χ1) is 6.24. The van der Waals surface area contributed by atoms with E-state index in [9.17, 15) is 4.79 Å². The molecule has 0 aromatic heterocycles. The summed E-state index contributed by atoms with van der Waals surface area (Å²) in [5.74, 6) is 0.0591. The van der Waals surface area contributed by atoms with Crippen molar-refractivity contribution in [1.29, 1.82) is 0 Å². The van der Waals surface area contributed by atoms with E-state index in [1.807, 2.05) is 0 Å². The van der Waals surface area contributed by atoms with E-state index in [0.717, 1.165) is 12.8 Å². The van der Waals surface area contributed by atoms with E-state index in [-0.39, 0.29) is 18.1 Å². The predicted molar refractivity (Wildman–Crippen MR) is 48.2 cm³/mol. The molecule has 3 N–H and O–H groups in total. The van der Waals surface area contributed by atoms with Crippen LogP contribution >= 0.6 is 0 Å². The highest BCUT2D eigenvalue weighted by Crippen LogP contribution is 2.19. The Morgan fingerprint density at radius 2 is 2.00 bits per heavy atom. The molecule has 0 spiro atoms. The van der Waals surface area contributed by atoms with E-state index in [1.54, 1.807) is 0 Å². The molecule has 0 unspecified atom stereocenters. The van der Waals surface area contributed by atoms with E-state index < -0.39 is 0 Å². The van der Waals surface area contributed by atoms with Crippen LogP contribution < -0.4 is 10.6 Å². The number of aliphatic hydroxyl groups is 1. The summed E-state index contributed by atoms with van der Waals surface area (Å²) in [5, 5.41) is 15.0. The van der Waals surface area contributed by atoms with Gasteiger partial charge in [-0.2, -0.15) is 0 Å². The van der Waals surface area contributed by atoms with Crippen molar-refractivity contribution < 1.29 is 9.90 Å². The zero-order valence-electron chi connectivity index (χ0n) is 7.62. The first kappa shape index (κ1) is 8.97. The molecule has 2 fully saturated rings. The van der Waals surface area contributed by atoms with Crippen LogP contribution in [0.15, 0.2) is 0 Å². The van der Waals surface area contributed by atoms with Crippen molar-refractivity contribution in [2.75, 3.05) is 6.54 Å². The van der Waals surface area contributed by atoms with Crippen LogP contribution in [0.4, 0.5) is 0 Å². The van der Waals surface area contributed by atoms with Crippen LogP contribution in [0.5, 0.6) is 0 Å². The quantitative estimate of drug-likeness (QED) is 0.545. The molecule has 0 radical (unpaired) electrons. The lowest BCUT2D eigenvalue weighted by molar-refractivity contribution is -0.122. The number of rotatable bonds is 4. The lowest BCUT2D eigenvalue weighted by atomic mass is 9.89. The number of carbonyl (C=O) groups is 1. The van der Waals surface area contributed by atoms with Crippen molar-refractivity contribution in [3.8, 4) is 0 Å². The van der Waals surface area contributed by atoms with Gasteiger partial charge >= 0.3 is 0 Å². The topological polar surface area (TPSA) is 61.4 Å². The minimum atomic E-state index is -0.193. The average molecular weight is 184 g/mol. The van der Waals surface area contributed by atoms with Crippen LogP contribution in [-0.2, 0) is 4.79 Å². The summed E-state index contributed by atoms with van der Waals surface area (Å²) < 4.78 is 0. The van der Waals surface area contributed by atoms with Crippen LogP contribution in [0.1, 0.15) is 25.7 Å². The average Bonchev–Trinajstić information content (AvgIpc) is 2.81. The van der Waals surface area contributed by atoms with Gasteiger partial charge in [0, 0.05) is 12.1 Å². The minimum absolute atomic E-state index is 0.0591. The molecule has 1 amide bonds. The third-order valence-corrected chi connectivity index (χ3v) is 2.61. The molecule has 2 aliphatic carbocycles. The Morgan fingerprint density at radius 1 is 1.31 bits per heavy atom. The van der Waals surface area contributed by atoms with Crippen LogP contribution in [0.3, 0.4) is 0 Å². The smallest absolute Gasteiger partial charge is 0.234 e. The molecule has 0 bridgehead atoms. The molecule has 0 heterocycles. The molecule has 4 nitrogen and oxygen atoms in total. The maximum absolute atomic E-state index is 11.2. The first-order valence-electron chi connectivity index (χ1n) is 4.95. The van der Waals surface area contributed by atoms with Gasteiger partial charge in [-0.15, -0.1) is 0 Å². The fourth-order valence-corrected chi connectivity index (χ4v) is 1.51. The highest BCUT2D eigenvalue weighted by atomic mass is 16.3. The van der Waals surface area contributed by atoms with Crippen molar-refractivity contribution in [3.63, 3.8) is 0 Å². The zero-order chi connectivity index (χ0) is 9.26. The zero-order valence-corrected chi connectivity index (χ0v) is 7.62. The Kier molecular flexibility index (Phi) is 2.51. The second-order valence-electron chi connectivity index (χ2n) is 4.04. The highest BCUT2D eigenvalue weighted by molar-refractivity contribution is 5.78. The van der Waals surface area contributed by atoms with Crippen LogP contribution in [0, 0.1) is 0 Å². The molecule has 2 rings (SSSR count). The summed E-state index contributed by atoms with van der Waals surface area (Å²) in [7, 11) is 0. The van der Waals surface area contributed by atoms with Gasteiger partial charge in [-0.3, -0.25) is 4.79 Å². The highest BCUT2D eigenvalue weighted by Gasteiger charge is 2.28. The fraction of sp³-hybridized carbons (Fsp3) is 0.889. The molecule has 74 valence electrons. The van der Waals surface area contributed by atoms with E-state index in [0.29, 0.717) is 12.6 Å². The lowest BCUT2D eigenvalue weighted by Gasteiger charge is -2.31. The Hall–Kier alpha value is -0.610. The van der Waals surface area contributed by atoms with Crippen molar-refractivity contribution in [3.05, 3.63) is 0 Å². The Labute approximate surface area is 77.7 Å². The molecular formula is C9H16N2O2. The van der Waals surface area contributed by atoms with Crippen molar-refractivity contribution in [2.24, 2.45) is 0 Å². The summed E-state index contributed by atoms with van der Waals surface area (Å²) in [4.78, 5) is 11.2. The predicted octanol–water partition coefficient (Wildman–Crippen LogP) is -0.622. The Morgan fingerprint density at radius 3 is 2.54 bits per heavy atom. The monoisotopic (exact) mass is 184 g/mol. The summed E-state index contributed by atoms with van der Waals surface area (Å²) in [6.07, 6.45) is 3.65. The first-order valence-corrected chi connectivity index (χ1v) is 4.95. The molecule has 2 aliphatic rings. The molecule has 2 saturated carbocycles. The van der Waals surface area contributed by atoms with Gasteiger partial charge in [0.15, 0.2) is 0 Å². The van der Waals surface area contributed by atoms with E-state index >= 15 is 0 Å². The van der Waals surface area contributed by atoms with Crippen molar-refractivity contribution in [1.82, 2.24) is 10.6 Å². The number of hydrogen-bond donors (Lipinski definition) is 3. The molecule has 0 aromatic rings. The molecule has 13 heavy (non-hydrogen) atoms. The normalized spacial score (nSPS) is 32.4. The van der Waals surface area contributed by atoms with Gasteiger partial charge in [0.25, 0.3) is 0 Å². The number of aliphatic hydroxyl groups excluding tert-OH is 1. The largest absolute Gasteiger partial charge is 0.393 e. The van der Waals surface area contributed by atoms with Crippen LogP contribution in [0.2, 0.25) is 0 Å². The fourth-order valence-electron chi connectivity index (χ4n) is 1.51. The van der Waals surface area contributed by atoms with Crippen molar-refractivity contribution >= 4 is 5.91 Å². The maximum Gasteiger partial charge on any atom is 0.234 e. The van der Waals surface area contributed by atoms with E-state index in [4.69, 9.17) is 5.11 Å².